The van der Waals surface area contributed by atoms with Crippen molar-refractivity contribution in [2.45, 2.75) is 25.6 Å². The Morgan fingerprint density at radius 1 is 1.23 bits per heavy atom. The molecule has 1 aliphatic heterocycles. The Labute approximate surface area is 149 Å². The van der Waals surface area contributed by atoms with Gasteiger partial charge in [-0.1, -0.05) is 36.9 Å². The summed E-state index contributed by atoms with van der Waals surface area (Å²) in [6.07, 6.45) is -1.23. The molecule has 1 heterocycles. The van der Waals surface area contributed by atoms with Gasteiger partial charge in [-0.05, 0) is 31.1 Å². The zero-order valence-corrected chi connectivity index (χ0v) is 14.2. The van der Waals surface area contributed by atoms with Gasteiger partial charge in [0.05, 0.1) is 16.7 Å². The lowest BCUT2D eigenvalue weighted by molar-refractivity contribution is -0.0897. The number of halogens is 3. The summed E-state index contributed by atoms with van der Waals surface area (Å²) in [6.45, 7) is 4.55. The normalized spacial score (nSPS) is 16.7. The fourth-order valence-corrected chi connectivity index (χ4v) is 2.93. The van der Waals surface area contributed by atoms with Gasteiger partial charge >= 0.3 is 6.18 Å². The highest BCUT2D eigenvalue weighted by molar-refractivity contribution is 6.21. The lowest BCUT2D eigenvalue weighted by atomic mass is 9.97. The van der Waals surface area contributed by atoms with E-state index in [4.69, 9.17) is 5.73 Å². The molecule has 138 valence electrons. The van der Waals surface area contributed by atoms with Crippen molar-refractivity contribution in [3.63, 3.8) is 0 Å². The average molecular weight is 364 g/mol. The number of allylic oxidation sites excluding steroid dienone is 4. The van der Waals surface area contributed by atoms with Gasteiger partial charge in [-0.15, -0.1) is 0 Å². The van der Waals surface area contributed by atoms with Crippen molar-refractivity contribution < 1.29 is 22.8 Å². The van der Waals surface area contributed by atoms with E-state index >= 15 is 0 Å². The number of hydrogen-bond acceptors (Lipinski definition) is 3. The summed E-state index contributed by atoms with van der Waals surface area (Å²) in [6, 6.07) is 5.50. The second-order valence-electron chi connectivity index (χ2n) is 5.86. The molecule has 0 saturated heterocycles. The van der Waals surface area contributed by atoms with E-state index in [0.29, 0.717) is 0 Å². The molecule has 0 aromatic heterocycles. The Kier molecular flexibility index (Phi) is 5.82. The number of rotatable bonds is 6. The van der Waals surface area contributed by atoms with Gasteiger partial charge in [-0.2, -0.15) is 13.2 Å². The van der Waals surface area contributed by atoms with Crippen LogP contribution in [0, 0.1) is 0 Å². The van der Waals surface area contributed by atoms with E-state index in [-0.39, 0.29) is 29.7 Å². The molecular weight excluding hydrogens is 345 g/mol. The Morgan fingerprint density at radius 2 is 1.77 bits per heavy atom. The molecular formula is C19H19F3N2O2. The topological polar surface area (TPSA) is 63.4 Å². The van der Waals surface area contributed by atoms with E-state index in [1.807, 2.05) is 0 Å². The summed E-state index contributed by atoms with van der Waals surface area (Å²) in [5.41, 5.74) is 5.66. The first-order chi connectivity index (χ1) is 12.2. The largest absolute Gasteiger partial charge is 0.416 e. The highest BCUT2D eigenvalue weighted by Gasteiger charge is 2.38. The molecule has 7 heteroatoms. The second-order valence-corrected chi connectivity index (χ2v) is 5.86. The zero-order valence-electron chi connectivity index (χ0n) is 14.2. The number of carbonyl (C=O) groups is 2. The first-order valence-electron chi connectivity index (χ1n) is 7.97. The van der Waals surface area contributed by atoms with Crippen LogP contribution in [-0.2, 0) is 0 Å². The van der Waals surface area contributed by atoms with Crippen molar-refractivity contribution in [3.8, 4) is 0 Å². The fourth-order valence-electron chi connectivity index (χ4n) is 2.93. The molecule has 0 fully saturated rings. The van der Waals surface area contributed by atoms with Crippen LogP contribution in [0.2, 0.25) is 0 Å². The van der Waals surface area contributed by atoms with Crippen LogP contribution >= 0.6 is 0 Å². The molecule has 1 aromatic carbocycles. The Hall–Kier alpha value is -2.67. The number of alkyl halides is 3. The van der Waals surface area contributed by atoms with E-state index in [1.54, 1.807) is 12.1 Å². The second kappa shape index (κ2) is 7.70. The van der Waals surface area contributed by atoms with Crippen LogP contribution in [0.15, 0.2) is 60.2 Å². The van der Waals surface area contributed by atoms with Crippen LogP contribution in [0.25, 0.3) is 0 Å². The fraction of sp³-hybridized carbons (Fsp3) is 0.263. The van der Waals surface area contributed by atoms with E-state index in [1.165, 1.54) is 31.2 Å². The van der Waals surface area contributed by atoms with E-state index in [0.717, 1.165) is 11.0 Å². The third-order valence-electron chi connectivity index (χ3n) is 4.04. The van der Waals surface area contributed by atoms with Gasteiger partial charge in [-0.25, -0.2) is 0 Å². The molecule has 1 aliphatic rings. The van der Waals surface area contributed by atoms with Crippen molar-refractivity contribution >= 4 is 11.8 Å². The van der Waals surface area contributed by atoms with E-state index < -0.39 is 29.6 Å². The van der Waals surface area contributed by atoms with Crippen LogP contribution in [-0.4, -0.2) is 35.5 Å². The number of nitrogens with two attached hydrogens (primary N) is 1. The number of benzene rings is 1. The van der Waals surface area contributed by atoms with Gasteiger partial charge in [-0.3, -0.25) is 14.5 Å². The molecule has 0 unspecified atom stereocenters. The molecule has 0 bridgehead atoms. The smallest absolute Gasteiger partial charge is 0.326 e. The number of carbonyl (C=O) groups excluding carboxylic acids is 2. The quantitative estimate of drug-likeness (QED) is 0.619. The van der Waals surface area contributed by atoms with Crippen molar-refractivity contribution in [1.82, 2.24) is 4.90 Å². The van der Waals surface area contributed by atoms with Crippen molar-refractivity contribution in [1.29, 1.82) is 0 Å². The lowest BCUT2D eigenvalue weighted by Crippen LogP contribution is -2.41. The van der Waals surface area contributed by atoms with Gasteiger partial charge in [0.2, 0.25) is 0 Å². The molecule has 2 rings (SSSR count). The Morgan fingerprint density at radius 3 is 2.19 bits per heavy atom. The molecule has 0 radical (unpaired) electrons. The van der Waals surface area contributed by atoms with Crippen LogP contribution in [0.3, 0.4) is 0 Å². The molecule has 2 N–H and O–H groups in total. The molecule has 4 nitrogen and oxygen atoms in total. The summed E-state index contributed by atoms with van der Waals surface area (Å²) in [5, 5.41) is 0. The van der Waals surface area contributed by atoms with E-state index in [9.17, 15) is 22.8 Å². The average Bonchev–Trinajstić information content (AvgIpc) is 2.80. The lowest BCUT2D eigenvalue weighted by Gasteiger charge is -2.22. The van der Waals surface area contributed by atoms with Gasteiger partial charge in [0, 0.05) is 12.6 Å². The predicted molar refractivity (Wildman–Crippen MR) is 92.5 cm³/mol. The van der Waals surface area contributed by atoms with Crippen molar-refractivity contribution in [2.75, 3.05) is 6.54 Å². The Balaban J connectivity index is 2.16. The summed E-state index contributed by atoms with van der Waals surface area (Å²) in [5.74, 6) is -0.977. The zero-order chi connectivity index (χ0) is 19.5. The van der Waals surface area contributed by atoms with Crippen LogP contribution < -0.4 is 5.73 Å². The highest BCUT2D eigenvalue weighted by Crippen LogP contribution is 2.33. The van der Waals surface area contributed by atoms with Gasteiger partial charge in [0.1, 0.15) is 0 Å². The van der Waals surface area contributed by atoms with E-state index in [2.05, 4.69) is 6.58 Å². The number of hydrogen-bond donors (Lipinski definition) is 1. The van der Waals surface area contributed by atoms with Gasteiger partial charge < -0.3 is 5.73 Å². The first-order valence-corrected chi connectivity index (χ1v) is 7.97. The number of fused-ring (bicyclic) bond motifs is 1. The minimum absolute atomic E-state index is 0.0425. The van der Waals surface area contributed by atoms with Crippen molar-refractivity contribution in [2.24, 2.45) is 5.73 Å². The van der Waals surface area contributed by atoms with Crippen LogP contribution in [0.5, 0.6) is 0 Å². The van der Waals surface area contributed by atoms with Crippen LogP contribution in [0.1, 0.15) is 34.1 Å². The number of amides is 2. The summed E-state index contributed by atoms with van der Waals surface area (Å²) < 4.78 is 39.4. The molecule has 1 atom stereocenters. The number of imide groups is 1. The molecule has 0 saturated carbocycles. The van der Waals surface area contributed by atoms with Crippen LogP contribution in [0.4, 0.5) is 13.2 Å². The number of nitrogens with zero attached hydrogens (tertiary/aromatic N) is 1. The van der Waals surface area contributed by atoms with Gasteiger partial charge in [0.25, 0.3) is 11.8 Å². The SMILES string of the molecule is C=C/C=C(C[C@@H](N)CN1C(=O)c2ccccc2C1=O)/C(=C\C)C(F)(F)F. The minimum Gasteiger partial charge on any atom is -0.326 e. The summed E-state index contributed by atoms with van der Waals surface area (Å²) in [4.78, 5) is 25.6. The van der Waals surface area contributed by atoms with Gasteiger partial charge in [0.15, 0.2) is 0 Å². The monoisotopic (exact) mass is 364 g/mol. The molecule has 0 aliphatic carbocycles. The maximum absolute atomic E-state index is 13.1. The molecule has 0 spiro atoms. The highest BCUT2D eigenvalue weighted by atomic mass is 19.4. The molecule has 26 heavy (non-hydrogen) atoms. The maximum atomic E-state index is 13.1. The van der Waals surface area contributed by atoms with Crippen molar-refractivity contribution in [3.05, 3.63) is 71.3 Å². The minimum atomic E-state index is -4.53. The summed E-state index contributed by atoms with van der Waals surface area (Å²) in [7, 11) is 0. The predicted octanol–water partition coefficient (Wildman–Crippen LogP) is 3.62. The third-order valence-corrected chi connectivity index (χ3v) is 4.04. The Bertz CT molecular complexity index is 759. The molecule has 2 amide bonds. The summed E-state index contributed by atoms with van der Waals surface area (Å²) >= 11 is 0. The third kappa shape index (κ3) is 3.94. The first kappa shape index (κ1) is 19.7. The standard InChI is InChI=1S/C19H19F3N2O2/c1-3-7-12(16(4-2)19(20,21)22)10-13(23)11-24-17(25)14-8-5-6-9-15(14)18(24)26/h3-9,13H,1,10-11,23H2,2H3/b12-7+,16-4+/t13-/m1/s1. The maximum Gasteiger partial charge on any atom is 0.416 e. The molecule has 1 aromatic rings.